The van der Waals surface area contributed by atoms with E-state index in [9.17, 15) is 13.2 Å². The minimum atomic E-state index is -3.43. The number of benzene rings is 2. The molecule has 0 bridgehead atoms. The van der Waals surface area contributed by atoms with Crippen LogP contribution in [0.2, 0.25) is 0 Å². The molecule has 7 heteroatoms. The summed E-state index contributed by atoms with van der Waals surface area (Å²) in [6, 6.07) is 14.4. The Hall–Kier alpha value is -2.22. The summed E-state index contributed by atoms with van der Waals surface area (Å²) in [5, 5.41) is 2.96. The van der Waals surface area contributed by atoms with Crippen LogP contribution >= 0.6 is 0 Å². The molecule has 6 nitrogen and oxygen atoms in total. The van der Waals surface area contributed by atoms with E-state index >= 15 is 0 Å². The molecule has 3 rings (SSSR count). The van der Waals surface area contributed by atoms with Gasteiger partial charge in [-0.15, -0.1) is 0 Å². The Morgan fingerprint density at radius 1 is 0.964 bits per heavy atom. The number of piperazine rings is 1. The van der Waals surface area contributed by atoms with Crippen LogP contribution < -0.4 is 5.32 Å². The first-order chi connectivity index (χ1) is 13.4. The number of carbonyl (C=O) groups is 1. The highest BCUT2D eigenvalue weighted by Crippen LogP contribution is 2.17. The third-order valence-electron chi connectivity index (χ3n) is 4.91. The first-order valence-corrected chi connectivity index (χ1v) is 10.9. The van der Waals surface area contributed by atoms with Crippen molar-refractivity contribution in [3.63, 3.8) is 0 Å². The number of nitrogens with zero attached hydrogens (tertiary/aromatic N) is 2. The lowest BCUT2D eigenvalue weighted by atomic mass is 10.1. The molecule has 150 valence electrons. The van der Waals surface area contributed by atoms with Gasteiger partial charge in [-0.05, 0) is 38.1 Å². The number of aryl methyl sites for hydroxylation is 2. The van der Waals surface area contributed by atoms with Crippen LogP contribution in [0.4, 0.5) is 0 Å². The highest BCUT2D eigenvalue weighted by Gasteiger charge is 2.28. The maximum atomic E-state index is 12.7. The molecule has 1 heterocycles. The molecule has 1 aliphatic rings. The monoisotopic (exact) mass is 401 g/mol. The standard InChI is InChI=1S/C21H27N3O3S/c1-17-14-18(2)16-19(15-17)21(25)22-8-9-23-10-12-24(13-11-23)28(26,27)20-6-4-3-5-7-20/h3-7,14-16H,8-13H2,1-2H3,(H,22,25). The van der Waals surface area contributed by atoms with E-state index in [2.05, 4.69) is 10.2 Å². The molecule has 2 aromatic rings. The predicted molar refractivity (Wildman–Crippen MR) is 110 cm³/mol. The van der Waals surface area contributed by atoms with E-state index in [-0.39, 0.29) is 5.91 Å². The second kappa shape index (κ2) is 8.86. The van der Waals surface area contributed by atoms with Gasteiger partial charge in [0.2, 0.25) is 10.0 Å². The lowest BCUT2D eigenvalue weighted by molar-refractivity contribution is 0.0945. The lowest BCUT2D eigenvalue weighted by Gasteiger charge is -2.33. The average Bonchev–Trinajstić information content (AvgIpc) is 2.68. The van der Waals surface area contributed by atoms with Crippen molar-refractivity contribution in [3.8, 4) is 0 Å². The minimum absolute atomic E-state index is 0.0721. The molecule has 2 aromatic carbocycles. The Kier molecular flexibility index (Phi) is 6.49. The van der Waals surface area contributed by atoms with Crippen molar-refractivity contribution in [2.24, 2.45) is 0 Å². The molecule has 0 aliphatic carbocycles. The van der Waals surface area contributed by atoms with Crippen molar-refractivity contribution in [2.45, 2.75) is 18.7 Å². The van der Waals surface area contributed by atoms with Crippen molar-refractivity contribution in [3.05, 3.63) is 65.2 Å². The van der Waals surface area contributed by atoms with Crippen LogP contribution in [0.3, 0.4) is 0 Å². The van der Waals surface area contributed by atoms with E-state index in [1.54, 1.807) is 24.3 Å². The van der Waals surface area contributed by atoms with Crippen LogP contribution in [0.15, 0.2) is 53.4 Å². The Balaban J connectivity index is 1.46. The second-order valence-corrected chi connectivity index (χ2v) is 9.13. The zero-order chi connectivity index (χ0) is 20.1. The van der Waals surface area contributed by atoms with Gasteiger partial charge >= 0.3 is 0 Å². The Morgan fingerprint density at radius 2 is 1.57 bits per heavy atom. The molecule has 1 amide bonds. The highest BCUT2D eigenvalue weighted by atomic mass is 32.2. The predicted octanol–water partition coefficient (Wildman–Crippen LogP) is 2.04. The number of amides is 1. The summed E-state index contributed by atoms with van der Waals surface area (Å²) in [7, 11) is -3.43. The molecule has 1 saturated heterocycles. The minimum Gasteiger partial charge on any atom is -0.351 e. The molecule has 1 N–H and O–H groups in total. The SMILES string of the molecule is Cc1cc(C)cc(C(=O)NCCN2CCN(S(=O)(=O)c3ccccc3)CC2)c1. The van der Waals surface area contributed by atoms with E-state index in [4.69, 9.17) is 0 Å². The summed E-state index contributed by atoms with van der Waals surface area (Å²) in [5.41, 5.74) is 2.82. The van der Waals surface area contributed by atoms with Crippen LogP contribution in [-0.4, -0.2) is 62.8 Å². The van der Waals surface area contributed by atoms with Crippen molar-refractivity contribution in [1.29, 1.82) is 0 Å². The van der Waals surface area contributed by atoms with Crippen molar-refractivity contribution >= 4 is 15.9 Å². The molecule has 0 saturated carbocycles. The molecule has 0 radical (unpaired) electrons. The van der Waals surface area contributed by atoms with Gasteiger partial charge in [0.1, 0.15) is 0 Å². The fraction of sp³-hybridized carbons (Fsp3) is 0.381. The van der Waals surface area contributed by atoms with E-state index in [0.717, 1.165) is 11.1 Å². The second-order valence-electron chi connectivity index (χ2n) is 7.19. The summed E-state index contributed by atoms with van der Waals surface area (Å²) < 4.78 is 26.9. The van der Waals surface area contributed by atoms with Gasteiger partial charge in [-0.1, -0.05) is 35.4 Å². The number of sulfonamides is 1. The van der Waals surface area contributed by atoms with E-state index in [0.29, 0.717) is 49.7 Å². The van der Waals surface area contributed by atoms with Crippen molar-refractivity contribution < 1.29 is 13.2 Å². The largest absolute Gasteiger partial charge is 0.351 e. The lowest BCUT2D eigenvalue weighted by Crippen LogP contribution is -2.50. The van der Waals surface area contributed by atoms with Crippen LogP contribution in [0.25, 0.3) is 0 Å². The van der Waals surface area contributed by atoms with Gasteiger partial charge in [0, 0.05) is 44.8 Å². The van der Waals surface area contributed by atoms with E-state index in [1.807, 2.05) is 38.1 Å². The van der Waals surface area contributed by atoms with Crippen LogP contribution in [0.1, 0.15) is 21.5 Å². The van der Waals surface area contributed by atoms with Gasteiger partial charge in [-0.25, -0.2) is 8.42 Å². The zero-order valence-corrected chi connectivity index (χ0v) is 17.2. The van der Waals surface area contributed by atoms with Crippen LogP contribution in [0, 0.1) is 13.8 Å². The van der Waals surface area contributed by atoms with Gasteiger partial charge < -0.3 is 5.32 Å². The molecule has 0 aromatic heterocycles. The molecule has 28 heavy (non-hydrogen) atoms. The topological polar surface area (TPSA) is 69.7 Å². The van der Waals surface area contributed by atoms with Crippen molar-refractivity contribution in [2.75, 3.05) is 39.3 Å². The Morgan fingerprint density at radius 3 is 2.18 bits per heavy atom. The summed E-state index contributed by atoms with van der Waals surface area (Å²) in [6.07, 6.45) is 0. The van der Waals surface area contributed by atoms with Gasteiger partial charge in [0.05, 0.1) is 4.90 Å². The third kappa shape index (κ3) is 4.98. The highest BCUT2D eigenvalue weighted by molar-refractivity contribution is 7.89. The fourth-order valence-electron chi connectivity index (χ4n) is 3.47. The van der Waals surface area contributed by atoms with Gasteiger partial charge in [-0.3, -0.25) is 9.69 Å². The van der Waals surface area contributed by atoms with Crippen molar-refractivity contribution in [1.82, 2.24) is 14.5 Å². The quantitative estimate of drug-likeness (QED) is 0.804. The summed E-state index contributed by atoms with van der Waals surface area (Å²) in [4.78, 5) is 14.8. The summed E-state index contributed by atoms with van der Waals surface area (Å²) in [5.74, 6) is -0.0721. The number of hydrogen-bond acceptors (Lipinski definition) is 4. The summed E-state index contributed by atoms with van der Waals surface area (Å²) >= 11 is 0. The Bertz CT molecular complexity index is 901. The van der Waals surface area contributed by atoms with Gasteiger partial charge in [0.15, 0.2) is 0 Å². The van der Waals surface area contributed by atoms with Crippen LogP contribution in [0.5, 0.6) is 0 Å². The molecule has 0 spiro atoms. The number of rotatable bonds is 6. The first kappa shape index (κ1) is 20.5. The van der Waals surface area contributed by atoms with Gasteiger partial charge in [-0.2, -0.15) is 4.31 Å². The average molecular weight is 402 g/mol. The smallest absolute Gasteiger partial charge is 0.251 e. The number of hydrogen-bond donors (Lipinski definition) is 1. The Labute approximate surface area is 167 Å². The van der Waals surface area contributed by atoms with Crippen LogP contribution in [-0.2, 0) is 10.0 Å². The molecule has 0 atom stereocenters. The molecule has 0 unspecified atom stereocenters. The van der Waals surface area contributed by atoms with Gasteiger partial charge in [0.25, 0.3) is 5.91 Å². The fourth-order valence-corrected chi connectivity index (χ4v) is 4.91. The number of nitrogens with one attached hydrogen (secondary N) is 1. The zero-order valence-electron chi connectivity index (χ0n) is 16.4. The number of carbonyl (C=O) groups excluding carboxylic acids is 1. The third-order valence-corrected chi connectivity index (χ3v) is 6.82. The molecular formula is C21H27N3O3S. The maximum Gasteiger partial charge on any atom is 0.251 e. The normalized spacial score (nSPS) is 16.1. The molecule has 1 fully saturated rings. The molecular weight excluding hydrogens is 374 g/mol. The van der Waals surface area contributed by atoms with E-state index in [1.165, 1.54) is 4.31 Å². The maximum absolute atomic E-state index is 12.7. The first-order valence-electron chi connectivity index (χ1n) is 9.50. The summed E-state index contributed by atoms with van der Waals surface area (Å²) in [6.45, 7) is 7.44. The molecule has 1 aliphatic heterocycles. The van der Waals surface area contributed by atoms with E-state index < -0.39 is 10.0 Å².